The van der Waals surface area contributed by atoms with Crippen molar-refractivity contribution in [3.63, 3.8) is 0 Å². The maximum absolute atomic E-state index is 13.5. The molecule has 1 aliphatic carbocycles. The summed E-state index contributed by atoms with van der Waals surface area (Å²) in [6.45, 7) is 5.96. The molecular weight excluding hydrogens is 402 g/mol. The van der Waals surface area contributed by atoms with Crippen molar-refractivity contribution in [1.29, 1.82) is 5.26 Å². The zero-order chi connectivity index (χ0) is 23.0. The molecule has 0 radical (unpaired) electrons. The molecule has 2 aromatic carbocycles. The van der Waals surface area contributed by atoms with E-state index in [4.69, 9.17) is 5.26 Å². The number of pyridine rings is 1. The molecule has 1 heterocycles. The fourth-order valence-electron chi connectivity index (χ4n) is 4.07. The summed E-state index contributed by atoms with van der Waals surface area (Å²) in [7, 11) is 0. The highest BCUT2D eigenvalue weighted by molar-refractivity contribution is 6.07. The molecule has 0 atom stereocenters. The second-order valence-electron chi connectivity index (χ2n) is 8.98. The zero-order valence-corrected chi connectivity index (χ0v) is 18.2. The van der Waals surface area contributed by atoms with Crippen LogP contribution in [0.15, 0.2) is 59.4 Å². The van der Waals surface area contributed by atoms with E-state index in [0.717, 1.165) is 5.56 Å². The van der Waals surface area contributed by atoms with Crippen LogP contribution >= 0.6 is 0 Å². The second kappa shape index (κ2) is 7.93. The average Bonchev–Trinajstić information content (AvgIpc) is 2.74. The summed E-state index contributed by atoms with van der Waals surface area (Å²) in [5.41, 5.74) is 2.79. The second-order valence-corrected chi connectivity index (χ2v) is 8.98. The van der Waals surface area contributed by atoms with Gasteiger partial charge in [0, 0.05) is 29.1 Å². The van der Waals surface area contributed by atoms with E-state index in [1.165, 1.54) is 10.6 Å². The number of nitrogens with zero attached hydrogens (tertiary/aromatic N) is 2. The number of aromatic nitrogens is 1. The first-order valence-electron chi connectivity index (χ1n) is 10.4. The van der Waals surface area contributed by atoms with Crippen molar-refractivity contribution in [2.24, 2.45) is 5.41 Å². The van der Waals surface area contributed by atoms with Gasteiger partial charge in [-0.3, -0.25) is 19.0 Å². The molecule has 0 unspecified atom stereocenters. The molecule has 1 N–H and O–H groups in total. The molecule has 0 saturated heterocycles. The molecule has 160 valence electrons. The van der Waals surface area contributed by atoms with Crippen molar-refractivity contribution < 1.29 is 9.59 Å². The molecule has 1 aliphatic rings. The fraction of sp³-hybridized carbons (Fsp3) is 0.231. The van der Waals surface area contributed by atoms with E-state index in [9.17, 15) is 14.4 Å². The molecule has 32 heavy (non-hydrogen) atoms. The highest BCUT2D eigenvalue weighted by atomic mass is 16.2. The van der Waals surface area contributed by atoms with E-state index >= 15 is 0 Å². The van der Waals surface area contributed by atoms with Crippen LogP contribution in [0.1, 0.15) is 57.8 Å². The van der Waals surface area contributed by atoms with Crippen molar-refractivity contribution in [2.75, 3.05) is 5.32 Å². The van der Waals surface area contributed by atoms with Crippen LogP contribution in [0.3, 0.4) is 0 Å². The van der Waals surface area contributed by atoms with Gasteiger partial charge in [-0.05, 0) is 61.2 Å². The van der Waals surface area contributed by atoms with Gasteiger partial charge in [0.05, 0.1) is 11.6 Å². The van der Waals surface area contributed by atoms with Gasteiger partial charge in [-0.25, -0.2) is 0 Å². The Kier molecular flexibility index (Phi) is 5.27. The number of carbonyl (C=O) groups is 2. The number of carbonyl (C=O) groups excluding carboxylic acids is 2. The molecule has 1 amide bonds. The number of hydrogen-bond donors (Lipinski definition) is 1. The number of anilines is 1. The van der Waals surface area contributed by atoms with Crippen LogP contribution in [0, 0.1) is 23.7 Å². The summed E-state index contributed by atoms with van der Waals surface area (Å²) in [6.07, 6.45) is 0.900. The van der Waals surface area contributed by atoms with E-state index < -0.39 is 11.5 Å². The van der Waals surface area contributed by atoms with Crippen LogP contribution in [0.25, 0.3) is 5.69 Å². The first-order valence-corrected chi connectivity index (χ1v) is 10.4. The first-order chi connectivity index (χ1) is 15.2. The normalized spacial score (nSPS) is 14.4. The van der Waals surface area contributed by atoms with Crippen molar-refractivity contribution in [1.82, 2.24) is 4.57 Å². The monoisotopic (exact) mass is 425 g/mol. The molecule has 0 fully saturated rings. The zero-order valence-electron chi connectivity index (χ0n) is 18.2. The van der Waals surface area contributed by atoms with Crippen LogP contribution in [0.5, 0.6) is 0 Å². The van der Waals surface area contributed by atoms with Gasteiger partial charge in [-0.2, -0.15) is 5.26 Å². The third kappa shape index (κ3) is 3.97. The Morgan fingerprint density at radius 3 is 2.31 bits per heavy atom. The Hall–Kier alpha value is -3.98. The van der Waals surface area contributed by atoms with Crippen molar-refractivity contribution in [2.45, 2.75) is 33.6 Å². The van der Waals surface area contributed by atoms with Gasteiger partial charge in [-0.1, -0.05) is 31.5 Å². The highest BCUT2D eigenvalue weighted by Crippen LogP contribution is 2.35. The van der Waals surface area contributed by atoms with Gasteiger partial charge < -0.3 is 5.32 Å². The Morgan fingerprint density at radius 1 is 1.03 bits per heavy atom. The average molecular weight is 425 g/mol. The quantitative estimate of drug-likeness (QED) is 0.672. The van der Waals surface area contributed by atoms with Crippen LogP contribution in [-0.2, 0) is 6.42 Å². The Balaban J connectivity index is 1.86. The lowest BCUT2D eigenvalue weighted by molar-refractivity contribution is 0.0909. The topological polar surface area (TPSA) is 92.0 Å². The lowest BCUT2D eigenvalue weighted by Gasteiger charge is -2.32. The van der Waals surface area contributed by atoms with Gasteiger partial charge in [0.15, 0.2) is 5.78 Å². The Morgan fingerprint density at radius 2 is 1.69 bits per heavy atom. The Bertz CT molecular complexity index is 1320. The molecule has 3 aromatic rings. The molecule has 1 aromatic heterocycles. The number of amides is 1. The molecule has 0 saturated carbocycles. The van der Waals surface area contributed by atoms with Crippen LogP contribution in [0.4, 0.5) is 5.69 Å². The van der Waals surface area contributed by atoms with E-state index in [-0.39, 0.29) is 16.8 Å². The van der Waals surface area contributed by atoms with Crippen molar-refractivity contribution in [3.8, 4) is 11.8 Å². The van der Waals surface area contributed by atoms with Crippen LogP contribution < -0.4 is 10.9 Å². The standard InChI is InChI=1S/C26H23N3O3/c1-16-4-10-19(11-5-16)29-22-13-26(2,3)14-23(30)20(22)12-21(25(29)32)24(31)28-18-8-6-17(15-27)7-9-18/h4-12H,13-14H2,1-3H3,(H,28,31). The third-order valence-corrected chi connectivity index (χ3v) is 5.70. The van der Waals surface area contributed by atoms with Gasteiger partial charge in [-0.15, -0.1) is 0 Å². The van der Waals surface area contributed by atoms with Gasteiger partial charge in [0.1, 0.15) is 5.56 Å². The number of nitrogens with one attached hydrogen (secondary N) is 1. The number of fused-ring (bicyclic) bond motifs is 1. The lowest BCUT2D eigenvalue weighted by atomic mass is 9.75. The van der Waals surface area contributed by atoms with Crippen LogP contribution in [-0.4, -0.2) is 16.3 Å². The van der Waals surface area contributed by atoms with E-state index in [1.807, 2.05) is 51.1 Å². The number of ketones is 1. The molecular formula is C26H23N3O3. The number of aryl methyl sites for hydroxylation is 1. The first kappa shape index (κ1) is 21.3. The molecule has 0 aliphatic heterocycles. The molecule has 6 heteroatoms. The molecule has 6 nitrogen and oxygen atoms in total. The van der Waals surface area contributed by atoms with Gasteiger partial charge in [0.25, 0.3) is 11.5 Å². The fourth-order valence-corrected chi connectivity index (χ4v) is 4.07. The summed E-state index contributed by atoms with van der Waals surface area (Å²) in [5.74, 6) is -0.675. The number of Topliss-reactive ketones (excluding diaryl/α,β-unsaturated/α-hetero) is 1. The lowest BCUT2D eigenvalue weighted by Crippen LogP contribution is -2.37. The van der Waals surface area contributed by atoms with E-state index in [2.05, 4.69) is 5.32 Å². The van der Waals surface area contributed by atoms with E-state index in [1.54, 1.807) is 24.3 Å². The smallest absolute Gasteiger partial charge is 0.268 e. The largest absolute Gasteiger partial charge is 0.322 e. The summed E-state index contributed by atoms with van der Waals surface area (Å²) in [4.78, 5) is 39.5. The van der Waals surface area contributed by atoms with Crippen molar-refractivity contribution in [3.05, 3.63) is 92.9 Å². The Labute approximate surface area is 186 Å². The van der Waals surface area contributed by atoms with Crippen molar-refractivity contribution >= 4 is 17.4 Å². The minimum Gasteiger partial charge on any atom is -0.322 e. The summed E-state index contributed by atoms with van der Waals surface area (Å²) >= 11 is 0. The summed E-state index contributed by atoms with van der Waals surface area (Å²) < 4.78 is 1.50. The minimum absolute atomic E-state index is 0.0791. The predicted molar refractivity (Wildman–Crippen MR) is 122 cm³/mol. The molecule has 0 spiro atoms. The third-order valence-electron chi connectivity index (χ3n) is 5.70. The maximum atomic E-state index is 13.5. The highest BCUT2D eigenvalue weighted by Gasteiger charge is 2.35. The summed E-state index contributed by atoms with van der Waals surface area (Å²) in [5, 5.41) is 11.6. The molecule has 4 rings (SSSR count). The predicted octanol–water partition coefficient (Wildman–Crippen LogP) is 4.43. The van der Waals surface area contributed by atoms with Crippen LogP contribution in [0.2, 0.25) is 0 Å². The number of nitriles is 1. The maximum Gasteiger partial charge on any atom is 0.268 e. The molecule has 0 bridgehead atoms. The SMILES string of the molecule is Cc1ccc(-n2c3c(cc(C(=O)Nc4ccc(C#N)cc4)c2=O)C(=O)CC(C)(C)C3)cc1. The number of benzene rings is 2. The summed E-state index contributed by atoms with van der Waals surface area (Å²) in [6, 6.07) is 17.3. The van der Waals surface area contributed by atoms with Gasteiger partial charge in [0.2, 0.25) is 0 Å². The van der Waals surface area contributed by atoms with E-state index in [0.29, 0.717) is 41.0 Å². The minimum atomic E-state index is -0.596. The van der Waals surface area contributed by atoms with Gasteiger partial charge >= 0.3 is 0 Å². The number of rotatable bonds is 3. The number of hydrogen-bond acceptors (Lipinski definition) is 4.